The molecule has 0 bridgehead atoms. The first-order valence-corrected chi connectivity index (χ1v) is 9.01. The Bertz CT molecular complexity index is 558. The second-order valence-electron chi connectivity index (χ2n) is 5.82. The second-order valence-corrected chi connectivity index (χ2v) is 8.03. The van der Waals surface area contributed by atoms with E-state index in [2.05, 4.69) is 15.8 Å². The van der Waals surface area contributed by atoms with Crippen LogP contribution in [0.5, 0.6) is 0 Å². The van der Waals surface area contributed by atoms with Crippen molar-refractivity contribution in [2.45, 2.75) is 24.5 Å². The Morgan fingerprint density at radius 1 is 1.29 bits per heavy atom. The van der Waals surface area contributed by atoms with E-state index in [1.54, 1.807) is 10.5 Å². The summed E-state index contributed by atoms with van der Waals surface area (Å²) in [6.45, 7) is 2.25. The van der Waals surface area contributed by atoms with E-state index in [-0.39, 0.29) is 5.25 Å². The SMILES string of the molecule is O=S(=O)(C1CNNC1)N1CCCC(Cc2ccccn2)C1. The molecule has 0 amide bonds. The van der Waals surface area contributed by atoms with Crippen molar-refractivity contribution in [3.63, 3.8) is 0 Å². The Kier molecular flexibility index (Phi) is 4.54. The van der Waals surface area contributed by atoms with Gasteiger partial charge in [0.2, 0.25) is 10.0 Å². The van der Waals surface area contributed by atoms with Crippen molar-refractivity contribution >= 4 is 10.0 Å². The molecule has 7 heteroatoms. The number of hydrogen-bond donors (Lipinski definition) is 2. The normalized spacial score (nSPS) is 25.2. The lowest BCUT2D eigenvalue weighted by atomic mass is 9.94. The molecule has 1 aromatic rings. The number of nitrogens with one attached hydrogen (secondary N) is 2. The maximum Gasteiger partial charge on any atom is 0.219 e. The van der Waals surface area contributed by atoms with E-state index in [1.807, 2.05) is 18.2 Å². The first-order chi connectivity index (χ1) is 10.2. The molecular weight excluding hydrogens is 288 g/mol. The third-order valence-corrected chi connectivity index (χ3v) is 6.50. The van der Waals surface area contributed by atoms with E-state index in [9.17, 15) is 8.42 Å². The minimum atomic E-state index is -3.20. The summed E-state index contributed by atoms with van der Waals surface area (Å²) in [6, 6.07) is 5.90. The van der Waals surface area contributed by atoms with Crippen molar-refractivity contribution < 1.29 is 8.42 Å². The third-order valence-electron chi connectivity index (χ3n) is 4.27. The van der Waals surface area contributed by atoms with Gasteiger partial charge in [-0.05, 0) is 37.3 Å². The summed E-state index contributed by atoms with van der Waals surface area (Å²) >= 11 is 0. The van der Waals surface area contributed by atoms with Gasteiger partial charge in [0.05, 0.1) is 0 Å². The van der Waals surface area contributed by atoms with Gasteiger partial charge >= 0.3 is 0 Å². The van der Waals surface area contributed by atoms with Crippen LogP contribution in [0.25, 0.3) is 0 Å². The zero-order valence-corrected chi connectivity index (χ0v) is 12.8. The van der Waals surface area contributed by atoms with Crippen molar-refractivity contribution in [2.24, 2.45) is 5.92 Å². The zero-order chi connectivity index (χ0) is 14.7. The molecule has 2 saturated heterocycles. The molecule has 2 aliphatic heterocycles. The maximum atomic E-state index is 12.6. The standard InChI is InChI=1S/C14H22N4O2S/c19-21(20,14-9-16-17-10-14)18-7-3-4-12(11-18)8-13-5-1-2-6-15-13/h1-2,5-6,12,14,16-17H,3-4,7-11H2. The summed E-state index contributed by atoms with van der Waals surface area (Å²) in [5.41, 5.74) is 6.85. The lowest BCUT2D eigenvalue weighted by Crippen LogP contribution is -2.46. The summed E-state index contributed by atoms with van der Waals surface area (Å²) in [6.07, 6.45) is 4.66. The van der Waals surface area contributed by atoms with Crippen LogP contribution in [-0.2, 0) is 16.4 Å². The van der Waals surface area contributed by atoms with E-state index in [0.717, 1.165) is 25.0 Å². The van der Waals surface area contributed by atoms with Gasteiger partial charge in [-0.1, -0.05) is 6.07 Å². The maximum absolute atomic E-state index is 12.6. The molecule has 2 fully saturated rings. The molecule has 2 N–H and O–H groups in total. The number of hydrogen-bond acceptors (Lipinski definition) is 5. The van der Waals surface area contributed by atoms with Gasteiger partial charge in [-0.15, -0.1) is 0 Å². The summed E-state index contributed by atoms with van der Waals surface area (Å²) in [7, 11) is -3.20. The molecule has 0 spiro atoms. The molecule has 1 unspecified atom stereocenters. The van der Waals surface area contributed by atoms with Crippen LogP contribution in [0, 0.1) is 5.92 Å². The van der Waals surface area contributed by atoms with Crippen LogP contribution in [0.15, 0.2) is 24.4 Å². The first-order valence-electron chi connectivity index (χ1n) is 7.51. The molecule has 21 heavy (non-hydrogen) atoms. The summed E-state index contributed by atoms with van der Waals surface area (Å²) < 4.78 is 26.9. The Labute approximate surface area is 126 Å². The zero-order valence-electron chi connectivity index (χ0n) is 12.0. The summed E-state index contributed by atoms with van der Waals surface area (Å²) in [5.74, 6) is 0.366. The highest BCUT2D eigenvalue weighted by Crippen LogP contribution is 2.24. The van der Waals surface area contributed by atoms with E-state index in [4.69, 9.17) is 0 Å². The van der Waals surface area contributed by atoms with Gasteiger partial charge in [0.25, 0.3) is 0 Å². The minimum absolute atomic E-state index is 0.342. The number of pyridine rings is 1. The Morgan fingerprint density at radius 2 is 2.10 bits per heavy atom. The van der Waals surface area contributed by atoms with Gasteiger partial charge < -0.3 is 0 Å². The van der Waals surface area contributed by atoms with Crippen LogP contribution >= 0.6 is 0 Å². The third kappa shape index (κ3) is 3.42. The molecule has 0 radical (unpaired) electrons. The Hall–Kier alpha value is -1.02. The number of nitrogens with zero attached hydrogens (tertiary/aromatic N) is 2. The number of rotatable bonds is 4. The summed E-state index contributed by atoms with van der Waals surface area (Å²) in [5, 5.41) is -0.342. The van der Waals surface area contributed by atoms with Crippen molar-refractivity contribution in [1.29, 1.82) is 0 Å². The molecule has 1 aromatic heterocycles. The van der Waals surface area contributed by atoms with Gasteiger partial charge in [-0.25, -0.2) is 12.7 Å². The molecule has 116 valence electrons. The highest BCUT2D eigenvalue weighted by atomic mass is 32.2. The molecule has 3 heterocycles. The predicted octanol–water partition coefficient (Wildman–Crippen LogP) is 0.142. The number of sulfonamides is 1. The van der Waals surface area contributed by atoms with Crippen LogP contribution in [0.4, 0.5) is 0 Å². The van der Waals surface area contributed by atoms with E-state index in [0.29, 0.717) is 32.1 Å². The van der Waals surface area contributed by atoms with Gasteiger partial charge in [0, 0.05) is 38.1 Å². The van der Waals surface area contributed by atoms with Gasteiger partial charge in [0.1, 0.15) is 5.25 Å². The van der Waals surface area contributed by atoms with Crippen LogP contribution in [0.3, 0.4) is 0 Å². The quantitative estimate of drug-likeness (QED) is 0.828. The van der Waals surface area contributed by atoms with E-state index >= 15 is 0 Å². The topological polar surface area (TPSA) is 74.3 Å². The fourth-order valence-corrected chi connectivity index (χ4v) is 4.92. The van der Waals surface area contributed by atoms with Crippen molar-refractivity contribution in [1.82, 2.24) is 20.1 Å². The van der Waals surface area contributed by atoms with Crippen molar-refractivity contribution in [3.05, 3.63) is 30.1 Å². The minimum Gasteiger partial charge on any atom is -0.261 e. The largest absolute Gasteiger partial charge is 0.261 e. The highest BCUT2D eigenvalue weighted by Gasteiger charge is 2.36. The van der Waals surface area contributed by atoms with E-state index < -0.39 is 10.0 Å². The number of piperidine rings is 1. The monoisotopic (exact) mass is 310 g/mol. The molecule has 6 nitrogen and oxygen atoms in total. The van der Waals surface area contributed by atoms with E-state index in [1.165, 1.54) is 0 Å². The molecule has 3 rings (SSSR count). The average Bonchev–Trinajstić information content (AvgIpc) is 3.04. The first kappa shape index (κ1) is 14.9. The Morgan fingerprint density at radius 3 is 2.81 bits per heavy atom. The molecule has 2 aliphatic rings. The fraction of sp³-hybridized carbons (Fsp3) is 0.643. The Balaban J connectivity index is 1.65. The molecule has 1 atom stereocenters. The summed E-state index contributed by atoms with van der Waals surface area (Å²) in [4.78, 5) is 4.35. The van der Waals surface area contributed by atoms with Gasteiger partial charge in [-0.2, -0.15) is 0 Å². The number of aromatic nitrogens is 1. The fourth-order valence-electron chi connectivity index (χ4n) is 3.10. The predicted molar refractivity (Wildman–Crippen MR) is 81.0 cm³/mol. The lowest BCUT2D eigenvalue weighted by molar-refractivity contribution is 0.262. The number of hydrazine groups is 1. The van der Waals surface area contributed by atoms with Crippen LogP contribution in [-0.4, -0.2) is 49.1 Å². The van der Waals surface area contributed by atoms with Gasteiger partial charge in [0.15, 0.2) is 0 Å². The molecule has 0 saturated carbocycles. The van der Waals surface area contributed by atoms with Crippen molar-refractivity contribution in [3.8, 4) is 0 Å². The smallest absolute Gasteiger partial charge is 0.219 e. The van der Waals surface area contributed by atoms with Gasteiger partial charge in [-0.3, -0.25) is 15.8 Å². The highest BCUT2D eigenvalue weighted by molar-refractivity contribution is 7.89. The molecule has 0 aromatic carbocycles. The van der Waals surface area contributed by atoms with Crippen LogP contribution in [0.2, 0.25) is 0 Å². The lowest BCUT2D eigenvalue weighted by Gasteiger charge is -2.33. The average molecular weight is 310 g/mol. The second kappa shape index (κ2) is 6.39. The van der Waals surface area contributed by atoms with Crippen LogP contribution < -0.4 is 10.9 Å². The van der Waals surface area contributed by atoms with Crippen molar-refractivity contribution in [2.75, 3.05) is 26.2 Å². The molecular formula is C14H22N4O2S. The molecule has 0 aliphatic carbocycles. The van der Waals surface area contributed by atoms with Crippen LogP contribution in [0.1, 0.15) is 18.5 Å².